The van der Waals surface area contributed by atoms with Gasteiger partial charge in [-0.3, -0.25) is 4.99 Å². The van der Waals surface area contributed by atoms with Crippen LogP contribution in [0.4, 0.5) is 5.69 Å². The number of aliphatic imine (C=N–C) groups is 1. The lowest BCUT2D eigenvalue weighted by molar-refractivity contribution is -0.0104. The van der Waals surface area contributed by atoms with E-state index in [4.69, 9.17) is 19.8 Å². The van der Waals surface area contributed by atoms with Gasteiger partial charge in [0, 0.05) is 18.2 Å². The summed E-state index contributed by atoms with van der Waals surface area (Å²) in [4.78, 5) is 25.2. The van der Waals surface area contributed by atoms with E-state index in [9.17, 15) is 0 Å². The van der Waals surface area contributed by atoms with Crippen LogP contribution in [0.3, 0.4) is 0 Å². The molecule has 0 saturated heterocycles. The molecule has 0 amide bonds. The van der Waals surface area contributed by atoms with Gasteiger partial charge in [-0.2, -0.15) is 4.79 Å². The Morgan fingerprint density at radius 3 is 2.58 bits per heavy atom. The summed E-state index contributed by atoms with van der Waals surface area (Å²) < 4.78 is 4.83. The van der Waals surface area contributed by atoms with Crippen LogP contribution in [0.1, 0.15) is 12.8 Å². The highest BCUT2D eigenvalue weighted by molar-refractivity contribution is 7.39. The van der Waals surface area contributed by atoms with Crippen LogP contribution in [-0.2, 0) is 4.52 Å². The smallest absolute Gasteiger partial charge is 0.391 e. The first-order chi connectivity index (χ1) is 9.19. The van der Waals surface area contributed by atoms with Crippen LogP contribution in [0, 0.1) is 0 Å². The minimum absolute atomic E-state index is 0.138. The van der Waals surface area contributed by atoms with Crippen LogP contribution in [0.2, 0.25) is 0 Å². The zero-order valence-electron chi connectivity index (χ0n) is 9.97. The van der Waals surface area contributed by atoms with Gasteiger partial charge in [-0.15, -0.1) is 0 Å². The summed E-state index contributed by atoms with van der Waals surface area (Å²) in [6, 6.07) is 9.38. The summed E-state index contributed by atoms with van der Waals surface area (Å²) in [7, 11) is -2.55. The molecule has 2 N–H and O–H groups in total. The van der Waals surface area contributed by atoms with Crippen molar-refractivity contribution in [2.75, 3.05) is 0 Å². The maximum Gasteiger partial charge on any atom is 0.391 e. The highest BCUT2D eigenvalue weighted by atomic mass is 31.2. The van der Waals surface area contributed by atoms with Crippen LogP contribution < -0.4 is 0 Å². The molecule has 1 aromatic carbocycles. The Bertz CT molecular complexity index is 563. The van der Waals surface area contributed by atoms with E-state index in [0.29, 0.717) is 12.8 Å². The Balaban J connectivity index is 2.29. The van der Waals surface area contributed by atoms with Crippen LogP contribution in [0.25, 0.3) is 5.53 Å². The third-order valence-electron chi connectivity index (χ3n) is 2.53. The molecule has 1 aliphatic rings. The van der Waals surface area contributed by atoms with Crippen molar-refractivity contribution in [3.8, 4) is 0 Å². The maximum absolute atomic E-state index is 8.87. The summed E-state index contributed by atoms with van der Waals surface area (Å²) in [5.41, 5.74) is 10.6. The highest BCUT2D eigenvalue weighted by Crippen LogP contribution is 2.31. The molecule has 1 aromatic rings. The summed E-state index contributed by atoms with van der Waals surface area (Å²) in [6.07, 6.45) is 2.57. The second-order valence-corrected chi connectivity index (χ2v) is 4.53. The van der Waals surface area contributed by atoms with E-state index in [-0.39, 0.29) is 11.5 Å². The molecule has 98 valence electrons. The third kappa shape index (κ3) is 3.81. The van der Waals surface area contributed by atoms with Gasteiger partial charge in [-0.1, -0.05) is 18.2 Å². The number of allylic oxidation sites excluding steroid dienone is 2. The van der Waals surface area contributed by atoms with Crippen molar-refractivity contribution >= 4 is 25.7 Å². The van der Waals surface area contributed by atoms with E-state index in [0.717, 1.165) is 11.4 Å². The molecule has 0 spiro atoms. The second kappa shape index (κ2) is 6.36. The van der Waals surface area contributed by atoms with E-state index in [2.05, 4.69) is 9.78 Å². The van der Waals surface area contributed by atoms with Crippen LogP contribution in [-0.4, -0.2) is 26.0 Å². The van der Waals surface area contributed by atoms with Gasteiger partial charge in [0.2, 0.25) is 5.76 Å². The van der Waals surface area contributed by atoms with Crippen molar-refractivity contribution in [2.24, 2.45) is 4.99 Å². The number of hydrogen-bond donors (Lipinski definition) is 2. The van der Waals surface area contributed by atoms with E-state index in [1.165, 1.54) is 0 Å². The zero-order valence-corrected chi connectivity index (χ0v) is 10.9. The van der Waals surface area contributed by atoms with Crippen LogP contribution in [0.5, 0.6) is 0 Å². The molecule has 6 nitrogen and oxygen atoms in total. The lowest BCUT2D eigenvalue weighted by atomic mass is 10.0. The first kappa shape index (κ1) is 13.6. The molecule has 7 heteroatoms. The van der Waals surface area contributed by atoms with Gasteiger partial charge < -0.3 is 19.8 Å². The number of benzene rings is 1. The van der Waals surface area contributed by atoms with Gasteiger partial charge in [-0.05, 0) is 12.1 Å². The summed E-state index contributed by atoms with van der Waals surface area (Å²) in [5.74, 6) is 0.138. The predicted octanol–water partition coefficient (Wildman–Crippen LogP) is 2.34. The average Bonchev–Trinajstić information content (AvgIpc) is 2.39. The largest absolute Gasteiger partial charge is 0.419 e. The average molecular weight is 277 g/mol. The molecule has 1 aliphatic carbocycles. The molecule has 0 unspecified atom stereocenters. The SMILES string of the molecule is [N-]=[N+]=C1CCC(=Nc2ccccc2)C=C1OP(O)O. The lowest BCUT2D eigenvalue weighted by Crippen LogP contribution is -2.15. The maximum atomic E-state index is 8.87. The quantitative estimate of drug-likeness (QED) is 0.504. The first-order valence-electron chi connectivity index (χ1n) is 5.60. The summed E-state index contributed by atoms with van der Waals surface area (Å²) in [5, 5.41) is 0. The minimum Gasteiger partial charge on any atom is -0.419 e. The normalized spacial score (nSPS) is 17.3. The van der Waals surface area contributed by atoms with Crippen molar-refractivity contribution in [1.82, 2.24) is 0 Å². The molecule has 0 saturated carbocycles. The van der Waals surface area contributed by atoms with E-state index in [1.54, 1.807) is 6.08 Å². The van der Waals surface area contributed by atoms with Gasteiger partial charge in [0.25, 0.3) is 0 Å². The van der Waals surface area contributed by atoms with E-state index < -0.39 is 8.60 Å². The Labute approximate surface area is 111 Å². The Hall–Kier alpha value is -1.84. The topological polar surface area (TPSA) is 98.5 Å². The highest BCUT2D eigenvalue weighted by Gasteiger charge is 2.26. The molecule has 0 heterocycles. The zero-order chi connectivity index (χ0) is 13.7. The van der Waals surface area contributed by atoms with Crippen molar-refractivity contribution in [3.05, 3.63) is 47.7 Å². The molecular weight excluding hydrogens is 265 g/mol. The molecule has 0 bridgehead atoms. The van der Waals surface area contributed by atoms with Crippen molar-refractivity contribution in [1.29, 1.82) is 0 Å². The molecule has 0 aromatic heterocycles. The third-order valence-corrected chi connectivity index (χ3v) is 2.89. The lowest BCUT2D eigenvalue weighted by Gasteiger charge is -2.12. The van der Waals surface area contributed by atoms with Crippen molar-refractivity contribution in [2.45, 2.75) is 12.8 Å². The molecular formula is C12H12N3O3P. The molecule has 0 atom stereocenters. The number of para-hydroxylation sites is 1. The standard InChI is InChI=1S/C12H12N3O3P/c13-15-11-7-6-10(8-12(11)18-19(16)17)14-9-4-2-1-3-5-9/h1-5,8,16-17H,6-7H2. The van der Waals surface area contributed by atoms with Crippen molar-refractivity contribution in [3.63, 3.8) is 0 Å². The monoisotopic (exact) mass is 277 g/mol. The molecule has 0 aliphatic heterocycles. The van der Waals surface area contributed by atoms with Gasteiger partial charge in [0.1, 0.15) is 0 Å². The van der Waals surface area contributed by atoms with Crippen LogP contribution >= 0.6 is 8.60 Å². The van der Waals surface area contributed by atoms with Gasteiger partial charge >= 0.3 is 14.3 Å². The number of hydrogen-bond acceptors (Lipinski definition) is 4. The van der Waals surface area contributed by atoms with Gasteiger partial charge in [0.15, 0.2) is 0 Å². The molecule has 0 fully saturated rings. The fraction of sp³-hybridized carbons (Fsp3) is 0.167. The van der Waals surface area contributed by atoms with Gasteiger partial charge in [0.05, 0.1) is 12.1 Å². The number of rotatable bonds is 3. The Morgan fingerprint density at radius 1 is 1.21 bits per heavy atom. The molecule has 0 radical (unpaired) electrons. The predicted molar refractivity (Wildman–Crippen MR) is 71.9 cm³/mol. The van der Waals surface area contributed by atoms with E-state index in [1.807, 2.05) is 30.3 Å². The Morgan fingerprint density at radius 2 is 1.95 bits per heavy atom. The number of nitrogens with zero attached hydrogens (tertiary/aromatic N) is 3. The van der Waals surface area contributed by atoms with Gasteiger partial charge in [-0.25, -0.2) is 0 Å². The fourth-order valence-electron chi connectivity index (χ4n) is 1.70. The molecule has 2 rings (SSSR count). The second-order valence-electron chi connectivity index (χ2n) is 3.84. The summed E-state index contributed by atoms with van der Waals surface area (Å²) >= 11 is 0. The van der Waals surface area contributed by atoms with E-state index >= 15 is 0 Å². The summed E-state index contributed by atoms with van der Waals surface area (Å²) in [6.45, 7) is 0. The first-order valence-corrected chi connectivity index (χ1v) is 6.77. The minimum atomic E-state index is -2.55. The Kier molecular flexibility index (Phi) is 4.55. The van der Waals surface area contributed by atoms with Crippen molar-refractivity contribution < 1.29 is 19.1 Å². The van der Waals surface area contributed by atoms with Crippen LogP contribution in [0.15, 0.2) is 47.2 Å². The fourth-order valence-corrected chi connectivity index (χ4v) is 2.03. The molecule has 19 heavy (non-hydrogen) atoms.